The molecule has 3 aliphatic rings. The van der Waals surface area contributed by atoms with Crippen LogP contribution in [0.4, 0.5) is 4.79 Å². The lowest BCUT2D eigenvalue weighted by atomic mass is 9.94. The summed E-state index contributed by atoms with van der Waals surface area (Å²) in [5.41, 5.74) is 0. The first-order valence-corrected chi connectivity index (χ1v) is 8.01. The fourth-order valence-electron chi connectivity index (χ4n) is 4.23. The van der Waals surface area contributed by atoms with Crippen molar-refractivity contribution in [2.24, 2.45) is 11.8 Å². The Morgan fingerprint density at radius 2 is 2.10 bits per heavy atom. The maximum Gasteiger partial charge on any atom is 0.326 e. The number of morpholine rings is 1. The molecule has 0 aromatic heterocycles. The van der Waals surface area contributed by atoms with Crippen LogP contribution in [0.5, 0.6) is 0 Å². The number of aliphatic carboxylic acids is 1. The monoisotopic (exact) mass is 296 g/mol. The molecule has 6 nitrogen and oxygen atoms in total. The van der Waals surface area contributed by atoms with Gasteiger partial charge in [0.2, 0.25) is 0 Å². The number of urea groups is 1. The third-order valence-corrected chi connectivity index (χ3v) is 5.33. The molecule has 3 fully saturated rings. The SMILES string of the molecule is CCC1COCCN1C(=O)N1CC2CCCC2C1C(=O)O. The molecule has 0 aromatic carbocycles. The molecular weight excluding hydrogens is 272 g/mol. The molecule has 6 heteroatoms. The van der Waals surface area contributed by atoms with Crippen molar-refractivity contribution >= 4 is 12.0 Å². The number of nitrogens with zero attached hydrogens (tertiary/aromatic N) is 2. The van der Waals surface area contributed by atoms with Gasteiger partial charge in [-0.25, -0.2) is 9.59 Å². The lowest BCUT2D eigenvalue weighted by Crippen LogP contribution is -2.56. The summed E-state index contributed by atoms with van der Waals surface area (Å²) in [7, 11) is 0. The van der Waals surface area contributed by atoms with E-state index in [1.807, 2.05) is 11.8 Å². The van der Waals surface area contributed by atoms with Crippen molar-refractivity contribution in [2.45, 2.75) is 44.7 Å². The van der Waals surface area contributed by atoms with E-state index >= 15 is 0 Å². The topological polar surface area (TPSA) is 70.1 Å². The second kappa shape index (κ2) is 5.83. The Morgan fingerprint density at radius 3 is 2.81 bits per heavy atom. The van der Waals surface area contributed by atoms with Gasteiger partial charge in [0, 0.05) is 13.1 Å². The first-order chi connectivity index (χ1) is 10.1. The Bertz CT molecular complexity index is 428. The molecule has 2 saturated heterocycles. The molecule has 0 aromatic rings. The van der Waals surface area contributed by atoms with Gasteiger partial charge in [0.25, 0.3) is 0 Å². The van der Waals surface area contributed by atoms with Crippen LogP contribution >= 0.6 is 0 Å². The summed E-state index contributed by atoms with van der Waals surface area (Å²) in [5.74, 6) is -0.331. The summed E-state index contributed by atoms with van der Waals surface area (Å²) >= 11 is 0. The number of amides is 2. The van der Waals surface area contributed by atoms with E-state index in [1.165, 1.54) is 0 Å². The molecule has 0 bridgehead atoms. The first kappa shape index (κ1) is 14.6. The maximum absolute atomic E-state index is 12.8. The molecule has 118 valence electrons. The molecule has 3 rings (SSSR count). The summed E-state index contributed by atoms with van der Waals surface area (Å²) in [4.78, 5) is 27.9. The minimum absolute atomic E-state index is 0.0705. The number of hydrogen-bond acceptors (Lipinski definition) is 3. The van der Waals surface area contributed by atoms with Gasteiger partial charge in [-0.2, -0.15) is 0 Å². The Kier molecular flexibility index (Phi) is 4.06. The third kappa shape index (κ3) is 2.50. The lowest BCUT2D eigenvalue weighted by molar-refractivity contribution is -0.142. The van der Waals surface area contributed by atoms with Crippen molar-refractivity contribution in [3.05, 3.63) is 0 Å². The number of carbonyl (C=O) groups excluding carboxylic acids is 1. The summed E-state index contributed by atoms with van der Waals surface area (Å²) < 4.78 is 5.44. The van der Waals surface area contributed by atoms with Crippen LogP contribution < -0.4 is 0 Å². The first-order valence-electron chi connectivity index (χ1n) is 8.01. The van der Waals surface area contributed by atoms with E-state index in [1.54, 1.807) is 4.90 Å². The number of carboxylic acids is 1. The van der Waals surface area contributed by atoms with Crippen LogP contribution in [0, 0.1) is 11.8 Å². The third-order valence-electron chi connectivity index (χ3n) is 5.33. The summed E-state index contributed by atoms with van der Waals surface area (Å²) in [6.07, 6.45) is 3.92. The minimum atomic E-state index is -0.848. The van der Waals surface area contributed by atoms with Gasteiger partial charge in [-0.3, -0.25) is 0 Å². The van der Waals surface area contributed by atoms with Gasteiger partial charge in [0.05, 0.1) is 19.3 Å². The van der Waals surface area contributed by atoms with Crippen LogP contribution in [0.2, 0.25) is 0 Å². The molecule has 21 heavy (non-hydrogen) atoms. The highest BCUT2D eigenvalue weighted by Crippen LogP contribution is 2.42. The molecule has 0 spiro atoms. The van der Waals surface area contributed by atoms with E-state index in [0.29, 0.717) is 32.2 Å². The molecule has 1 saturated carbocycles. The summed E-state index contributed by atoms with van der Waals surface area (Å²) in [5, 5.41) is 9.56. The molecule has 2 aliphatic heterocycles. The fraction of sp³-hybridized carbons (Fsp3) is 0.867. The smallest absolute Gasteiger partial charge is 0.326 e. The summed E-state index contributed by atoms with van der Waals surface area (Å²) in [6, 6.07) is -0.668. The minimum Gasteiger partial charge on any atom is -0.480 e. The van der Waals surface area contributed by atoms with E-state index in [2.05, 4.69) is 0 Å². The van der Waals surface area contributed by atoms with E-state index in [-0.39, 0.29) is 18.0 Å². The van der Waals surface area contributed by atoms with Crippen molar-refractivity contribution in [3.63, 3.8) is 0 Å². The van der Waals surface area contributed by atoms with Gasteiger partial charge in [-0.1, -0.05) is 13.3 Å². The lowest BCUT2D eigenvalue weighted by Gasteiger charge is -2.38. The molecular formula is C15H24N2O4. The van der Waals surface area contributed by atoms with Crippen molar-refractivity contribution in [3.8, 4) is 0 Å². The van der Waals surface area contributed by atoms with Crippen molar-refractivity contribution in [1.29, 1.82) is 0 Å². The average molecular weight is 296 g/mol. The zero-order valence-corrected chi connectivity index (χ0v) is 12.5. The van der Waals surface area contributed by atoms with Crippen LogP contribution in [0.3, 0.4) is 0 Å². The normalized spacial score (nSPS) is 35.9. The average Bonchev–Trinajstić information content (AvgIpc) is 3.06. The van der Waals surface area contributed by atoms with Gasteiger partial charge in [-0.05, 0) is 31.1 Å². The Labute approximate surface area is 125 Å². The highest BCUT2D eigenvalue weighted by atomic mass is 16.5. The summed E-state index contributed by atoms with van der Waals surface area (Å²) in [6.45, 7) is 4.30. The fourth-order valence-corrected chi connectivity index (χ4v) is 4.23. The predicted octanol–water partition coefficient (Wildman–Crippen LogP) is 1.40. The second-order valence-corrected chi connectivity index (χ2v) is 6.40. The molecule has 1 aliphatic carbocycles. The van der Waals surface area contributed by atoms with E-state index < -0.39 is 12.0 Å². The second-order valence-electron chi connectivity index (χ2n) is 6.40. The highest BCUT2D eigenvalue weighted by Gasteiger charge is 2.50. The molecule has 0 radical (unpaired) electrons. The van der Waals surface area contributed by atoms with Crippen LogP contribution in [-0.4, -0.2) is 65.3 Å². The van der Waals surface area contributed by atoms with Gasteiger partial charge < -0.3 is 19.6 Å². The van der Waals surface area contributed by atoms with Crippen molar-refractivity contribution in [1.82, 2.24) is 9.80 Å². The number of ether oxygens (including phenoxy) is 1. The van der Waals surface area contributed by atoms with Crippen LogP contribution in [0.15, 0.2) is 0 Å². The number of carboxylic acid groups (broad SMARTS) is 1. The molecule has 4 atom stereocenters. The number of likely N-dealkylation sites (tertiary alicyclic amines) is 1. The van der Waals surface area contributed by atoms with Gasteiger partial charge >= 0.3 is 12.0 Å². The zero-order valence-electron chi connectivity index (χ0n) is 12.5. The Morgan fingerprint density at radius 1 is 1.29 bits per heavy atom. The Hall–Kier alpha value is -1.30. The molecule has 2 heterocycles. The van der Waals surface area contributed by atoms with E-state index in [4.69, 9.17) is 4.74 Å². The van der Waals surface area contributed by atoms with Gasteiger partial charge in [-0.15, -0.1) is 0 Å². The quantitative estimate of drug-likeness (QED) is 0.836. The largest absolute Gasteiger partial charge is 0.480 e. The maximum atomic E-state index is 12.8. The molecule has 1 N–H and O–H groups in total. The van der Waals surface area contributed by atoms with Crippen LogP contribution in [-0.2, 0) is 9.53 Å². The van der Waals surface area contributed by atoms with Crippen molar-refractivity contribution < 1.29 is 19.4 Å². The van der Waals surface area contributed by atoms with E-state index in [0.717, 1.165) is 25.7 Å². The number of carbonyl (C=O) groups is 2. The Balaban J connectivity index is 1.78. The highest BCUT2D eigenvalue weighted by molar-refractivity contribution is 5.84. The van der Waals surface area contributed by atoms with Crippen LogP contribution in [0.1, 0.15) is 32.6 Å². The number of fused-ring (bicyclic) bond motifs is 1. The standard InChI is InChI=1S/C15H24N2O4/c1-2-11-9-21-7-6-16(11)15(20)17-8-10-4-3-5-12(10)13(17)14(18)19/h10-13H,2-9H2,1H3,(H,18,19). The zero-order chi connectivity index (χ0) is 15.0. The molecule has 4 unspecified atom stereocenters. The predicted molar refractivity (Wildman–Crippen MR) is 76.0 cm³/mol. The van der Waals surface area contributed by atoms with Crippen molar-refractivity contribution in [2.75, 3.05) is 26.3 Å². The van der Waals surface area contributed by atoms with Gasteiger partial charge in [0.1, 0.15) is 6.04 Å². The molecule has 2 amide bonds. The number of rotatable bonds is 2. The van der Waals surface area contributed by atoms with Gasteiger partial charge in [0.15, 0.2) is 0 Å². The van der Waals surface area contributed by atoms with E-state index in [9.17, 15) is 14.7 Å². The van der Waals surface area contributed by atoms with Crippen LogP contribution in [0.25, 0.3) is 0 Å². The number of hydrogen-bond donors (Lipinski definition) is 1.